The molecular formula is C15H21NO5S2. The van der Waals surface area contributed by atoms with Gasteiger partial charge in [0.25, 0.3) is 10.1 Å². The molecule has 1 unspecified atom stereocenters. The van der Waals surface area contributed by atoms with Gasteiger partial charge in [0, 0.05) is 6.54 Å². The number of amides is 1. The van der Waals surface area contributed by atoms with Crippen molar-refractivity contribution >= 4 is 27.8 Å². The van der Waals surface area contributed by atoms with E-state index in [1.165, 1.54) is 11.8 Å². The highest BCUT2D eigenvalue weighted by Crippen LogP contribution is 2.38. The molecule has 0 spiro atoms. The van der Waals surface area contributed by atoms with Crippen molar-refractivity contribution in [1.29, 1.82) is 0 Å². The first-order valence-electron chi connectivity index (χ1n) is 7.39. The third kappa shape index (κ3) is 4.86. The van der Waals surface area contributed by atoms with Crippen molar-refractivity contribution in [2.75, 3.05) is 31.8 Å². The molecule has 1 heterocycles. The minimum atomic E-state index is -3.49. The number of methoxy groups -OCH3 is 1. The molecule has 1 aliphatic rings. The van der Waals surface area contributed by atoms with Crippen molar-refractivity contribution in [2.24, 2.45) is 0 Å². The van der Waals surface area contributed by atoms with Crippen LogP contribution in [0.1, 0.15) is 24.3 Å². The minimum absolute atomic E-state index is 0.00238. The number of carbonyl (C=O) groups is 1. The highest BCUT2D eigenvalue weighted by Gasteiger charge is 2.32. The van der Waals surface area contributed by atoms with Crippen LogP contribution in [0.15, 0.2) is 24.3 Å². The van der Waals surface area contributed by atoms with Gasteiger partial charge in [0.2, 0.25) is 5.91 Å². The molecular weight excluding hydrogens is 338 g/mol. The van der Waals surface area contributed by atoms with Crippen LogP contribution in [0.5, 0.6) is 5.75 Å². The van der Waals surface area contributed by atoms with Crippen LogP contribution >= 0.6 is 11.8 Å². The first-order valence-corrected chi connectivity index (χ1v) is 10.0. The van der Waals surface area contributed by atoms with E-state index in [9.17, 15) is 13.2 Å². The molecule has 0 radical (unpaired) electrons. The maximum Gasteiger partial charge on any atom is 0.267 e. The molecule has 1 saturated heterocycles. The largest absolute Gasteiger partial charge is 0.497 e. The number of thioether (sulfide) groups is 1. The second-order valence-corrected chi connectivity index (χ2v) is 7.94. The Morgan fingerprint density at radius 2 is 2.00 bits per heavy atom. The normalized spacial score (nSPS) is 18.4. The fourth-order valence-electron chi connectivity index (χ4n) is 2.31. The molecule has 2 rings (SSSR count). The summed E-state index contributed by atoms with van der Waals surface area (Å²) in [6.07, 6.45) is 0.509. The van der Waals surface area contributed by atoms with E-state index in [0.29, 0.717) is 12.2 Å². The molecule has 128 valence electrons. The number of hydrogen-bond acceptors (Lipinski definition) is 6. The lowest BCUT2D eigenvalue weighted by Crippen LogP contribution is -2.32. The number of carbonyl (C=O) groups excluding carboxylic acids is 1. The zero-order valence-electron chi connectivity index (χ0n) is 13.2. The predicted octanol–water partition coefficient (Wildman–Crippen LogP) is 2.03. The summed E-state index contributed by atoms with van der Waals surface area (Å²) >= 11 is 1.52. The molecule has 0 aliphatic carbocycles. The second kappa shape index (κ2) is 8.03. The summed E-state index contributed by atoms with van der Waals surface area (Å²) < 4.78 is 33.2. The van der Waals surface area contributed by atoms with E-state index in [2.05, 4.69) is 0 Å². The number of rotatable bonds is 8. The van der Waals surface area contributed by atoms with Gasteiger partial charge in [0.15, 0.2) is 0 Å². The number of ether oxygens (including phenoxy) is 1. The Hall–Kier alpha value is -1.25. The molecule has 0 bridgehead atoms. The van der Waals surface area contributed by atoms with Crippen molar-refractivity contribution in [2.45, 2.75) is 18.7 Å². The molecule has 0 N–H and O–H groups in total. The highest BCUT2D eigenvalue weighted by molar-refractivity contribution is 8.00. The maximum absolute atomic E-state index is 12.0. The Morgan fingerprint density at radius 1 is 1.30 bits per heavy atom. The Morgan fingerprint density at radius 3 is 2.61 bits per heavy atom. The summed E-state index contributed by atoms with van der Waals surface area (Å²) in [5, 5.41) is -0.120. The van der Waals surface area contributed by atoms with Crippen LogP contribution in [0.3, 0.4) is 0 Å². The van der Waals surface area contributed by atoms with Crippen LogP contribution in [0, 0.1) is 0 Å². The Labute approximate surface area is 141 Å². The van der Waals surface area contributed by atoms with Crippen LogP contribution in [-0.4, -0.2) is 51.0 Å². The number of nitrogens with zero attached hydrogens (tertiary/aromatic N) is 1. The average Bonchev–Trinajstić information content (AvgIpc) is 2.88. The van der Waals surface area contributed by atoms with Gasteiger partial charge in [0.1, 0.15) is 11.1 Å². The van der Waals surface area contributed by atoms with E-state index in [1.807, 2.05) is 24.3 Å². The topological polar surface area (TPSA) is 72.9 Å². The fourth-order valence-corrected chi connectivity index (χ4v) is 4.48. The Balaban J connectivity index is 1.99. The molecule has 8 heteroatoms. The third-order valence-corrected chi connectivity index (χ3v) is 6.11. The second-order valence-electron chi connectivity index (χ2n) is 5.11. The van der Waals surface area contributed by atoms with Gasteiger partial charge in [0.05, 0.1) is 25.2 Å². The van der Waals surface area contributed by atoms with Crippen LogP contribution in [0.2, 0.25) is 0 Å². The minimum Gasteiger partial charge on any atom is -0.497 e. The van der Waals surface area contributed by atoms with Gasteiger partial charge in [-0.2, -0.15) is 8.42 Å². The van der Waals surface area contributed by atoms with E-state index in [1.54, 1.807) is 18.9 Å². The van der Waals surface area contributed by atoms with Crippen LogP contribution < -0.4 is 4.74 Å². The van der Waals surface area contributed by atoms with Gasteiger partial charge in [-0.1, -0.05) is 19.1 Å². The molecule has 1 amide bonds. The first kappa shape index (κ1) is 18.1. The lowest BCUT2D eigenvalue weighted by molar-refractivity contribution is -0.128. The molecule has 1 atom stereocenters. The Bertz CT molecular complexity index is 630. The van der Waals surface area contributed by atoms with Gasteiger partial charge >= 0.3 is 0 Å². The molecule has 6 nitrogen and oxygen atoms in total. The van der Waals surface area contributed by atoms with E-state index in [-0.39, 0.29) is 30.2 Å². The summed E-state index contributed by atoms with van der Waals surface area (Å²) in [5.74, 6) is 1.13. The van der Waals surface area contributed by atoms with Gasteiger partial charge in [-0.25, -0.2) is 0 Å². The van der Waals surface area contributed by atoms with E-state index >= 15 is 0 Å². The first-order chi connectivity index (χ1) is 11.0. The summed E-state index contributed by atoms with van der Waals surface area (Å²) in [4.78, 5) is 13.7. The molecule has 1 fully saturated rings. The van der Waals surface area contributed by atoms with E-state index < -0.39 is 10.1 Å². The quantitative estimate of drug-likeness (QED) is 0.661. The van der Waals surface area contributed by atoms with Crippen LogP contribution in [-0.2, 0) is 19.1 Å². The van der Waals surface area contributed by atoms with Crippen LogP contribution in [0.4, 0.5) is 0 Å². The van der Waals surface area contributed by atoms with Crippen molar-refractivity contribution in [3.63, 3.8) is 0 Å². The van der Waals surface area contributed by atoms with Crippen molar-refractivity contribution in [3.05, 3.63) is 29.8 Å². The average molecular weight is 359 g/mol. The monoisotopic (exact) mass is 359 g/mol. The lowest BCUT2D eigenvalue weighted by atomic mass is 10.2. The summed E-state index contributed by atoms with van der Waals surface area (Å²) in [7, 11) is -1.89. The standard InChI is InChI=1S/C15H21NO5S2/c1-3-10-23(18,19)21-9-8-16-14(17)11-22-15(16)12-4-6-13(20-2)7-5-12/h4-7,15H,3,8-11H2,1-2H3. The summed E-state index contributed by atoms with van der Waals surface area (Å²) in [6, 6.07) is 7.52. The van der Waals surface area contributed by atoms with Gasteiger partial charge < -0.3 is 9.64 Å². The van der Waals surface area contributed by atoms with E-state index in [4.69, 9.17) is 8.92 Å². The lowest BCUT2D eigenvalue weighted by Gasteiger charge is -2.24. The zero-order chi connectivity index (χ0) is 16.9. The van der Waals surface area contributed by atoms with Gasteiger partial charge in [-0.05, 0) is 24.1 Å². The van der Waals surface area contributed by atoms with Crippen molar-refractivity contribution < 1.29 is 22.1 Å². The highest BCUT2D eigenvalue weighted by atomic mass is 32.2. The number of benzene rings is 1. The van der Waals surface area contributed by atoms with E-state index in [0.717, 1.165) is 11.3 Å². The van der Waals surface area contributed by atoms with Crippen LogP contribution in [0.25, 0.3) is 0 Å². The SMILES string of the molecule is CCCS(=O)(=O)OCCN1C(=O)CSC1c1ccc(OC)cc1. The molecule has 0 saturated carbocycles. The predicted molar refractivity (Wildman–Crippen MR) is 89.9 cm³/mol. The van der Waals surface area contributed by atoms with Crippen molar-refractivity contribution in [1.82, 2.24) is 4.90 Å². The fraction of sp³-hybridized carbons (Fsp3) is 0.533. The zero-order valence-corrected chi connectivity index (χ0v) is 14.9. The number of hydrogen-bond donors (Lipinski definition) is 0. The maximum atomic E-state index is 12.0. The molecule has 23 heavy (non-hydrogen) atoms. The molecule has 0 aromatic heterocycles. The summed E-state index contributed by atoms with van der Waals surface area (Å²) in [5.41, 5.74) is 0.984. The Kier molecular flexibility index (Phi) is 6.32. The van der Waals surface area contributed by atoms with Crippen molar-refractivity contribution in [3.8, 4) is 5.75 Å². The van der Waals surface area contributed by atoms with Gasteiger partial charge in [-0.15, -0.1) is 11.8 Å². The molecule has 1 aromatic rings. The smallest absolute Gasteiger partial charge is 0.267 e. The third-order valence-electron chi connectivity index (χ3n) is 3.42. The molecule has 1 aliphatic heterocycles. The summed E-state index contributed by atoms with van der Waals surface area (Å²) in [6.45, 7) is 2.02. The van der Waals surface area contributed by atoms with Gasteiger partial charge in [-0.3, -0.25) is 8.98 Å². The molecule has 1 aromatic carbocycles.